The molecule has 3 heterocycles. The van der Waals surface area contributed by atoms with Crippen LogP contribution in [0.25, 0.3) is 0 Å². The summed E-state index contributed by atoms with van der Waals surface area (Å²) in [7, 11) is 1.41. The smallest absolute Gasteiger partial charge is 0.409 e. The van der Waals surface area contributed by atoms with E-state index in [9.17, 15) is 14.4 Å². The second-order valence-electron chi connectivity index (χ2n) is 9.75. The highest BCUT2D eigenvalue weighted by atomic mass is 16.5. The number of ether oxygens (including phenoxy) is 1. The molecule has 166 valence electrons. The first-order chi connectivity index (χ1) is 15.0. The fourth-order valence-electron chi connectivity index (χ4n) is 6.74. The number of ketones is 1. The van der Waals surface area contributed by atoms with Crippen LogP contribution in [0, 0.1) is 11.8 Å². The van der Waals surface area contributed by atoms with Crippen LogP contribution < -0.4 is 0 Å². The Kier molecular flexibility index (Phi) is 5.16. The number of fused-ring (bicyclic) bond motifs is 2. The normalized spacial score (nSPS) is 29.4. The Bertz CT molecular complexity index is 935. The third-order valence-corrected chi connectivity index (χ3v) is 8.32. The number of likely N-dealkylation sites (tertiary alicyclic amines) is 1. The van der Waals surface area contributed by atoms with Crippen molar-refractivity contribution in [1.29, 1.82) is 0 Å². The van der Waals surface area contributed by atoms with Crippen molar-refractivity contribution in [2.75, 3.05) is 26.7 Å². The van der Waals surface area contributed by atoms with E-state index in [0.717, 1.165) is 69.2 Å². The zero-order valence-corrected chi connectivity index (χ0v) is 18.7. The molecule has 2 amide bonds. The molecule has 0 aromatic heterocycles. The molecule has 0 radical (unpaired) electrons. The van der Waals surface area contributed by atoms with Crippen LogP contribution in [-0.2, 0) is 14.3 Å². The van der Waals surface area contributed by atoms with Crippen molar-refractivity contribution in [1.82, 2.24) is 4.90 Å². The number of piperidine rings is 1. The number of carbonyl (C=O) groups excluding carboxylic acids is 3. The predicted octanol–water partition coefficient (Wildman–Crippen LogP) is 4.23. The molecule has 2 atom stereocenters. The van der Waals surface area contributed by atoms with Crippen molar-refractivity contribution in [3.8, 4) is 0 Å². The fourth-order valence-corrected chi connectivity index (χ4v) is 6.74. The summed E-state index contributed by atoms with van der Waals surface area (Å²) in [4.78, 5) is 41.0. The number of methoxy groups -OCH3 is 1. The molecule has 0 spiro atoms. The molecule has 0 N–H and O–H groups in total. The van der Waals surface area contributed by atoms with Crippen molar-refractivity contribution in [3.05, 3.63) is 34.2 Å². The largest absolute Gasteiger partial charge is 0.453 e. The number of carbonyl (C=O) groups is 3. The minimum Gasteiger partial charge on any atom is -0.453 e. The monoisotopic (exact) mass is 425 g/mol. The summed E-state index contributed by atoms with van der Waals surface area (Å²) in [6.07, 6.45) is 9.98. The molecule has 2 aliphatic carbocycles. The third-order valence-electron chi connectivity index (χ3n) is 8.32. The van der Waals surface area contributed by atoms with Gasteiger partial charge in [-0.2, -0.15) is 4.48 Å². The van der Waals surface area contributed by atoms with Crippen molar-refractivity contribution >= 4 is 17.8 Å². The maximum atomic E-state index is 14.3. The van der Waals surface area contributed by atoms with E-state index in [4.69, 9.17) is 4.74 Å². The molecule has 5 rings (SSSR count). The van der Waals surface area contributed by atoms with Gasteiger partial charge in [0.15, 0.2) is 11.5 Å². The molecule has 6 nitrogen and oxygen atoms in total. The van der Waals surface area contributed by atoms with Gasteiger partial charge in [0, 0.05) is 43.5 Å². The summed E-state index contributed by atoms with van der Waals surface area (Å²) < 4.78 is 5.20. The molecule has 1 saturated heterocycles. The molecule has 0 aromatic rings. The van der Waals surface area contributed by atoms with E-state index >= 15 is 0 Å². The van der Waals surface area contributed by atoms with Crippen LogP contribution in [0.15, 0.2) is 34.2 Å². The van der Waals surface area contributed by atoms with Crippen LogP contribution >= 0.6 is 0 Å². The Morgan fingerprint density at radius 2 is 1.87 bits per heavy atom. The lowest BCUT2D eigenvalue weighted by Crippen LogP contribution is -2.56. The zero-order chi connectivity index (χ0) is 21.8. The lowest BCUT2D eigenvalue weighted by Gasteiger charge is -2.43. The average Bonchev–Trinajstić information content (AvgIpc) is 3.13. The highest BCUT2D eigenvalue weighted by Crippen LogP contribution is 2.55. The van der Waals surface area contributed by atoms with Gasteiger partial charge in [0.1, 0.15) is 5.70 Å². The molecular formula is C25H33N2O4+. The standard InChI is InChI=1S/C25H33N2O4/c1-16(17-11-13-26(14-12-17)25(30)31-2)24(29)27-15-5-6-18-9-10-21(28)22(23(18)27)19-7-3-4-8-20(19)27/h6,16-17H,3-5,7-15H2,1-2H3/q+1. The number of Topliss-reactive ketones (excluding diaryl/α,β-unsaturated/α-hetero) is 1. The summed E-state index contributed by atoms with van der Waals surface area (Å²) in [5.74, 6) is 0.678. The number of hydrogen-bond acceptors (Lipinski definition) is 4. The van der Waals surface area contributed by atoms with Gasteiger partial charge in [-0.05, 0) is 51.4 Å². The molecule has 3 aliphatic heterocycles. The summed E-state index contributed by atoms with van der Waals surface area (Å²) in [6.45, 7) is 4.12. The Labute approximate surface area is 184 Å². The lowest BCUT2D eigenvalue weighted by molar-refractivity contribution is -0.778. The van der Waals surface area contributed by atoms with E-state index < -0.39 is 0 Å². The van der Waals surface area contributed by atoms with Crippen LogP contribution in [0.1, 0.15) is 64.7 Å². The minimum absolute atomic E-state index is 0.0984. The Morgan fingerprint density at radius 1 is 1.13 bits per heavy atom. The van der Waals surface area contributed by atoms with Crippen LogP contribution in [0.2, 0.25) is 0 Å². The maximum Gasteiger partial charge on any atom is 0.409 e. The van der Waals surface area contributed by atoms with E-state index in [1.807, 2.05) is 0 Å². The van der Waals surface area contributed by atoms with Crippen molar-refractivity contribution in [2.45, 2.75) is 64.7 Å². The van der Waals surface area contributed by atoms with Crippen molar-refractivity contribution in [2.24, 2.45) is 11.8 Å². The van der Waals surface area contributed by atoms with Gasteiger partial charge >= 0.3 is 12.0 Å². The number of nitrogens with zero attached hydrogens (tertiary/aromatic N) is 2. The quantitative estimate of drug-likeness (QED) is 0.621. The van der Waals surface area contributed by atoms with E-state index in [1.165, 1.54) is 24.0 Å². The highest BCUT2D eigenvalue weighted by Gasteiger charge is 2.59. The SMILES string of the molecule is COC(=O)N1CCC(C(C)C(=O)[N+]23CCC=C4CCC(=O)C(=C42)C2=C3CCCC2)CC1. The molecule has 6 heteroatoms. The number of hydrogen-bond donors (Lipinski definition) is 0. The van der Waals surface area contributed by atoms with Crippen LogP contribution in [-0.4, -0.2) is 53.9 Å². The van der Waals surface area contributed by atoms with Gasteiger partial charge in [0.25, 0.3) is 0 Å². The average molecular weight is 426 g/mol. The van der Waals surface area contributed by atoms with E-state index in [1.54, 1.807) is 4.90 Å². The summed E-state index contributed by atoms with van der Waals surface area (Å²) in [6, 6.07) is 0. The van der Waals surface area contributed by atoms with Gasteiger partial charge < -0.3 is 9.64 Å². The number of amides is 2. The van der Waals surface area contributed by atoms with E-state index in [-0.39, 0.29) is 29.6 Å². The number of allylic oxidation sites excluding steroid dienone is 4. The summed E-state index contributed by atoms with van der Waals surface area (Å²) in [5.41, 5.74) is 5.66. The van der Waals surface area contributed by atoms with E-state index in [0.29, 0.717) is 24.0 Å². The topological polar surface area (TPSA) is 63.7 Å². The summed E-state index contributed by atoms with van der Waals surface area (Å²) in [5, 5.41) is 0. The third kappa shape index (κ3) is 2.98. The summed E-state index contributed by atoms with van der Waals surface area (Å²) >= 11 is 0. The first-order valence-corrected chi connectivity index (χ1v) is 11.9. The molecular weight excluding hydrogens is 392 g/mol. The molecule has 1 fully saturated rings. The van der Waals surface area contributed by atoms with Gasteiger partial charge in [-0.15, -0.1) is 0 Å². The predicted molar refractivity (Wildman–Crippen MR) is 115 cm³/mol. The van der Waals surface area contributed by atoms with Gasteiger partial charge in [-0.25, -0.2) is 9.59 Å². The molecule has 31 heavy (non-hydrogen) atoms. The molecule has 2 unspecified atom stereocenters. The minimum atomic E-state index is -0.280. The Morgan fingerprint density at radius 3 is 2.61 bits per heavy atom. The number of quaternary nitrogens is 1. The fraction of sp³-hybridized carbons (Fsp3) is 0.640. The molecule has 0 bridgehead atoms. The van der Waals surface area contributed by atoms with Gasteiger partial charge in [-0.3, -0.25) is 4.79 Å². The second kappa shape index (κ2) is 7.73. The molecule has 5 aliphatic rings. The van der Waals surface area contributed by atoms with Crippen LogP contribution in [0.4, 0.5) is 4.79 Å². The highest BCUT2D eigenvalue weighted by molar-refractivity contribution is 6.04. The van der Waals surface area contributed by atoms with Gasteiger partial charge in [-0.1, -0.05) is 6.08 Å². The first-order valence-electron chi connectivity index (χ1n) is 11.9. The van der Waals surface area contributed by atoms with Crippen molar-refractivity contribution < 1.29 is 23.6 Å². The molecule has 0 aromatic carbocycles. The lowest BCUT2D eigenvalue weighted by atomic mass is 9.82. The van der Waals surface area contributed by atoms with Crippen molar-refractivity contribution in [3.63, 3.8) is 0 Å². The zero-order valence-electron chi connectivity index (χ0n) is 18.7. The second-order valence-corrected chi connectivity index (χ2v) is 9.75. The molecule has 0 saturated carbocycles. The van der Waals surface area contributed by atoms with E-state index in [2.05, 4.69) is 13.0 Å². The maximum absolute atomic E-state index is 14.3. The van der Waals surface area contributed by atoms with Crippen LogP contribution in [0.3, 0.4) is 0 Å². The number of rotatable bonds is 2. The Hall–Kier alpha value is -2.21. The van der Waals surface area contributed by atoms with Gasteiger partial charge in [0.2, 0.25) is 0 Å². The van der Waals surface area contributed by atoms with Crippen LogP contribution in [0.5, 0.6) is 0 Å². The van der Waals surface area contributed by atoms with Gasteiger partial charge in [0.05, 0.1) is 25.1 Å². The first kappa shape index (κ1) is 20.7. The Balaban J connectivity index is 1.49.